The second kappa shape index (κ2) is 5.61. The maximum atomic E-state index is 3.56. The van der Waals surface area contributed by atoms with Gasteiger partial charge in [0.05, 0.1) is 0 Å². The van der Waals surface area contributed by atoms with Crippen LogP contribution in [0.4, 0.5) is 0 Å². The number of nitrogens with one attached hydrogen (secondary N) is 1. The van der Waals surface area contributed by atoms with Gasteiger partial charge in [-0.1, -0.05) is 19.8 Å². The molecule has 2 nitrogen and oxygen atoms in total. The number of hydrogen-bond acceptors (Lipinski definition) is 2. The van der Waals surface area contributed by atoms with E-state index in [0.29, 0.717) is 12.1 Å². The van der Waals surface area contributed by atoms with Crippen molar-refractivity contribution < 1.29 is 0 Å². The van der Waals surface area contributed by atoms with E-state index in [4.69, 9.17) is 0 Å². The van der Waals surface area contributed by atoms with Gasteiger partial charge >= 0.3 is 0 Å². The Hall–Kier alpha value is -0.0800. The van der Waals surface area contributed by atoms with Crippen molar-refractivity contribution in [1.29, 1.82) is 0 Å². The predicted molar refractivity (Wildman–Crippen MR) is 58.0 cm³/mol. The lowest BCUT2D eigenvalue weighted by Crippen LogP contribution is -2.54. The minimum atomic E-state index is 0.672. The van der Waals surface area contributed by atoms with Gasteiger partial charge in [-0.2, -0.15) is 0 Å². The molecule has 0 saturated carbocycles. The molecule has 13 heavy (non-hydrogen) atoms. The van der Waals surface area contributed by atoms with E-state index in [9.17, 15) is 0 Å². The van der Waals surface area contributed by atoms with Gasteiger partial charge in [0.2, 0.25) is 0 Å². The summed E-state index contributed by atoms with van der Waals surface area (Å²) in [6, 6.07) is 1.34. The van der Waals surface area contributed by atoms with Gasteiger partial charge in [0, 0.05) is 25.2 Å². The van der Waals surface area contributed by atoms with Crippen molar-refractivity contribution in [2.45, 2.75) is 52.1 Å². The largest absolute Gasteiger partial charge is 0.309 e. The zero-order chi connectivity index (χ0) is 9.68. The summed E-state index contributed by atoms with van der Waals surface area (Å²) in [5.41, 5.74) is 0. The molecule has 2 atom stereocenters. The fraction of sp³-hybridized carbons (Fsp3) is 1.00. The number of unbranched alkanes of at least 4 members (excludes halogenated alkanes) is 2. The van der Waals surface area contributed by atoms with Crippen LogP contribution in [0.2, 0.25) is 0 Å². The van der Waals surface area contributed by atoms with Crippen molar-refractivity contribution in [1.82, 2.24) is 10.2 Å². The average Bonchev–Trinajstić information content (AvgIpc) is 2.03. The lowest BCUT2D eigenvalue weighted by Gasteiger charge is -2.36. The lowest BCUT2D eigenvalue weighted by atomic mass is 10.1. The van der Waals surface area contributed by atoms with E-state index in [1.165, 1.54) is 38.9 Å². The second-order valence-electron chi connectivity index (χ2n) is 4.44. The van der Waals surface area contributed by atoms with Crippen LogP contribution in [0.3, 0.4) is 0 Å². The summed E-state index contributed by atoms with van der Waals surface area (Å²) in [5.74, 6) is 0. The molecule has 0 radical (unpaired) electrons. The average molecular weight is 184 g/mol. The van der Waals surface area contributed by atoms with Crippen LogP contribution in [-0.4, -0.2) is 36.6 Å². The molecule has 0 aromatic rings. The van der Waals surface area contributed by atoms with Crippen molar-refractivity contribution in [2.24, 2.45) is 0 Å². The number of piperazine rings is 1. The van der Waals surface area contributed by atoms with Crippen LogP contribution >= 0.6 is 0 Å². The quantitative estimate of drug-likeness (QED) is 0.671. The molecule has 1 rings (SSSR count). The number of hydrogen-bond donors (Lipinski definition) is 1. The number of nitrogens with zero attached hydrogens (tertiary/aromatic N) is 1. The van der Waals surface area contributed by atoms with Crippen LogP contribution in [-0.2, 0) is 0 Å². The van der Waals surface area contributed by atoms with Gasteiger partial charge in [-0.05, 0) is 26.8 Å². The first-order valence-electron chi connectivity index (χ1n) is 5.70. The molecule has 78 valence electrons. The molecule has 0 aromatic carbocycles. The Labute approximate surface area is 82.7 Å². The van der Waals surface area contributed by atoms with Gasteiger partial charge in [-0.3, -0.25) is 0 Å². The van der Waals surface area contributed by atoms with E-state index in [-0.39, 0.29) is 0 Å². The van der Waals surface area contributed by atoms with Crippen LogP contribution < -0.4 is 5.32 Å². The van der Waals surface area contributed by atoms with Crippen LogP contribution in [0, 0.1) is 0 Å². The topological polar surface area (TPSA) is 15.3 Å². The maximum absolute atomic E-state index is 3.56. The Kier molecular flexibility index (Phi) is 4.74. The van der Waals surface area contributed by atoms with Crippen molar-refractivity contribution in [2.75, 3.05) is 19.6 Å². The zero-order valence-corrected chi connectivity index (χ0v) is 9.34. The molecule has 1 heterocycles. The van der Waals surface area contributed by atoms with Gasteiger partial charge in [-0.15, -0.1) is 0 Å². The summed E-state index contributed by atoms with van der Waals surface area (Å²) >= 11 is 0. The molecule has 0 aromatic heterocycles. The highest BCUT2D eigenvalue weighted by molar-refractivity contribution is 4.80. The van der Waals surface area contributed by atoms with Gasteiger partial charge in [0.15, 0.2) is 0 Å². The van der Waals surface area contributed by atoms with Gasteiger partial charge in [0.25, 0.3) is 0 Å². The normalized spacial score (nSPS) is 30.7. The monoisotopic (exact) mass is 184 g/mol. The molecule has 0 aliphatic carbocycles. The molecular weight excluding hydrogens is 160 g/mol. The third-order valence-corrected chi connectivity index (χ3v) is 2.71. The summed E-state index contributed by atoms with van der Waals surface area (Å²) < 4.78 is 0. The van der Waals surface area contributed by atoms with Gasteiger partial charge in [0.1, 0.15) is 0 Å². The molecule has 1 fully saturated rings. The molecule has 2 heteroatoms. The van der Waals surface area contributed by atoms with E-state index in [1.54, 1.807) is 0 Å². The molecule has 1 N–H and O–H groups in total. The van der Waals surface area contributed by atoms with Crippen LogP contribution in [0.5, 0.6) is 0 Å². The highest BCUT2D eigenvalue weighted by Crippen LogP contribution is 2.06. The minimum Gasteiger partial charge on any atom is -0.309 e. The highest BCUT2D eigenvalue weighted by atomic mass is 15.2. The zero-order valence-electron chi connectivity index (χ0n) is 9.34. The summed E-state index contributed by atoms with van der Waals surface area (Å²) in [4.78, 5) is 2.60. The SMILES string of the molecule is CCCCCN1CC(C)NC(C)C1. The van der Waals surface area contributed by atoms with Gasteiger partial charge in [-0.25, -0.2) is 0 Å². The minimum absolute atomic E-state index is 0.672. The van der Waals surface area contributed by atoms with Crippen molar-refractivity contribution in [3.8, 4) is 0 Å². The Morgan fingerprint density at radius 3 is 2.31 bits per heavy atom. The number of rotatable bonds is 4. The Balaban J connectivity index is 2.17. The summed E-state index contributed by atoms with van der Waals surface area (Å²) in [6.07, 6.45) is 4.08. The van der Waals surface area contributed by atoms with E-state index in [1.807, 2.05) is 0 Å². The molecule has 1 saturated heterocycles. The first-order valence-corrected chi connectivity index (χ1v) is 5.70. The van der Waals surface area contributed by atoms with E-state index in [0.717, 1.165) is 0 Å². The highest BCUT2D eigenvalue weighted by Gasteiger charge is 2.19. The molecule has 0 amide bonds. The Morgan fingerprint density at radius 2 is 1.77 bits per heavy atom. The second-order valence-corrected chi connectivity index (χ2v) is 4.44. The molecule has 2 unspecified atom stereocenters. The molecule has 0 bridgehead atoms. The molecule has 1 aliphatic rings. The summed E-state index contributed by atoms with van der Waals surface area (Å²) in [7, 11) is 0. The van der Waals surface area contributed by atoms with E-state index < -0.39 is 0 Å². The fourth-order valence-corrected chi connectivity index (χ4v) is 2.21. The third-order valence-electron chi connectivity index (χ3n) is 2.71. The lowest BCUT2D eigenvalue weighted by molar-refractivity contribution is 0.171. The Morgan fingerprint density at radius 1 is 1.15 bits per heavy atom. The molecule has 1 aliphatic heterocycles. The third kappa shape index (κ3) is 4.10. The molecular formula is C11H24N2. The Bertz CT molecular complexity index is 126. The predicted octanol–water partition coefficient (Wildman–Crippen LogP) is 1.86. The van der Waals surface area contributed by atoms with Crippen molar-refractivity contribution in [3.63, 3.8) is 0 Å². The maximum Gasteiger partial charge on any atom is 0.0169 e. The standard InChI is InChI=1S/C11H24N2/c1-4-5-6-7-13-8-10(2)12-11(3)9-13/h10-12H,4-9H2,1-3H3. The van der Waals surface area contributed by atoms with Crippen LogP contribution in [0.25, 0.3) is 0 Å². The summed E-state index contributed by atoms with van der Waals surface area (Å²) in [6.45, 7) is 10.6. The van der Waals surface area contributed by atoms with Crippen LogP contribution in [0.1, 0.15) is 40.0 Å². The van der Waals surface area contributed by atoms with Crippen molar-refractivity contribution in [3.05, 3.63) is 0 Å². The van der Waals surface area contributed by atoms with Gasteiger partial charge < -0.3 is 10.2 Å². The molecule has 0 spiro atoms. The smallest absolute Gasteiger partial charge is 0.0169 e. The summed E-state index contributed by atoms with van der Waals surface area (Å²) in [5, 5.41) is 3.56. The first kappa shape index (κ1) is 11.0. The first-order chi connectivity index (χ1) is 6.22. The van der Waals surface area contributed by atoms with E-state index >= 15 is 0 Å². The van der Waals surface area contributed by atoms with E-state index in [2.05, 4.69) is 31.0 Å². The van der Waals surface area contributed by atoms with Crippen LogP contribution in [0.15, 0.2) is 0 Å². The fourth-order valence-electron chi connectivity index (χ4n) is 2.21. The van der Waals surface area contributed by atoms with Crippen molar-refractivity contribution >= 4 is 0 Å².